The second-order valence-electron chi connectivity index (χ2n) is 5.67. The molecule has 1 aromatic carbocycles. The predicted molar refractivity (Wildman–Crippen MR) is 95.4 cm³/mol. The van der Waals surface area contributed by atoms with Gasteiger partial charge in [-0.2, -0.15) is 13.2 Å². The molecule has 2 aromatic rings. The monoisotopic (exact) mass is 400 g/mol. The molecule has 27 heavy (non-hydrogen) atoms. The summed E-state index contributed by atoms with van der Waals surface area (Å²) in [5, 5.41) is 5.16. The second kappa shape index (κ2) is 8.83. The van der Waals surface area contributed by atoms with Gasteiger partial charge in [0.05, 0.1) is 29.4 Å². The number of hydrogen-bond donors (Lipinski definition) is 2. The van der Waals surface area contributed by atoms with Gasteiger partial charge in [-0.3, -0.25) is 14.5 Å². The number of para-hydroxylation sites is 1. The maximum atomic E-state index is 12.9. The van der Waals surface area contributed by atoms with E-state index in [1.807, 2.05) is 0 Å². The molecule has 1 heterocycles. The fourth-order valence-electron chi connectivity index (χ4n) is 2.21. The number of rotatable bonds is 6. The van der Waals surface area contributed by atoms with E-state index in [0.29, 0.717) is 10.8 Å². The first-order valence-electron chi connectivity index (χ1n) is 7.71. The molecule has 2 amide bonds. The van der Waals surface area contributed by atoms with E-state index in [4.69, 9.17) is 11.6 Å². The average Bonchev–Trinajstić information content (AvgIpc) is 2.56. The Bertz CT molecular complexity index is 813. The van der Waals surface area contributed by atoms with Crippen LogP contribution >= 0.6 is 11.6 Å². The van der Waals surface area contributed by atoms with Gasteiger partial charge in [0.25, 0.3) is 0 Å². The molecule has 0 fully saturated rings. The molecule has 0 unspecified atom stereocenters. The Labute approximate surface area is 158 Å². The highest BCUT2D eigenvalue weighted by Crippen LogP contribution is 2.34. The molecule has 0 saturated heterocycles. The van der Waals surface area contributed by atoms with Crippen molar-refractivity contribution in [1.29, 1.82) is 0 Å². The lowest BCUT2D eigenvalue weighted by molar-refractivity contribution is -0.137. The lowest BCUT2D eigenvalue weighted by Crippen LogP contribution is -2.36. The van der Waals surface area contributed by atoms with Crippen molar-refractivity contribution in [2.75, 3.05) is 30.8 Å². The van der Waals surface area contributed by atoms with Crippen molar-refractivity contribution >= 4 is 34.9 Å². The highest BCUT2D eigenvalue weighted by atomic mass is 35.5. The minimum absolute atomic E-state index is 0.154. The van der Waals surface area contributed by atoms with Crippen LogP contribution in [0.25, 0.3) is 0 Å². The van der Waals surface area contributed by atoms with Crippen molar-refractivity contribution < 1.29 is 22.8 Å². The third-order valence-electron chi connectivity index (χ3n) is 3.33. The molecule has 0 spiro atoms. The molecule has 6 nitrogen and oxygen atoms in total. The number of amides is 2. The smallest absolute Gasteiger partial charge is 0.324 e. The summed E-state index contributed by atoms with van der Waals surface area (Å²) < 4.78 is 38.8. The Morgan fingerprint density at radius 1 is 1.07 bits per heavy atom. The summed E-state index contributed by atoms with van der Waals surface area (Å²) in [5.41, 5.74) is -1.27. The molecule has 0 bridgehead atoms. The number of hydrogen-bond acceptors (Lipinski definition) is 4. The largest absolute Gasteiger partial charge is 0.418 e. The van der Waals surface area contributed by atoms with Crippen molar-refractivity contribution in [2.45, 2.75) is 6.18 Å². The van der Waals surface area contributed by atoms with Gasteiger partial charge in [-0.25, -0.2) is 4.98 Å². The predicted octanol–water partition coefficient (Wildman–Crippen LogP) is 3.26. The highest BCUT2D eigenvalue weighted by Gasteiger charge is 2.33. The van der Waals surface area contributed by atoms with Crippen molar-refractivity contribution in [3.8, 4) is 0 Å². The fourth-order valence-corrected chi connectivity index (χ4v) is 2.32. The number of carbonyl (C=O) groups is 2. The summed E-state index contributed by atoms with van der Waals surface area (Å²) in [6.45, 7) is -0.424. The molecule has 0 saturated carbocycles. The van der Waals surface area contributed by atoms with Crippen LogP contribution in [0.15, 0.2) is 42.6 Å². The van der Waals surface area contributed by atoms with Crippen molar-refractivity contribution in [3.05, 3.63) is 53.2 Å². The number of likely N-dealkylation sites (N-methyl/N-ethyl adjacent to an activating group) is 1. The molecule has 2 rings (SSSR count). The number of nitrogens with zero attached hydrogens (tertiary/aromatic N) is 2. The number of pyridine rings is 1. The molecule has 1 aromatic heterocycles. The van der Waals surface area contributed by atoms with Gasteiger partial charge in [0, 0.05) is 6.20 Å². The molecule has 0 aliphatic heterocycles. The van der Waals surface area contributed by atoms with E-state index in [1.54, 1.807) is 6.07 Å². The van der Waals surface area contributed by atoms with Gasteiger partial charge < -0.3 is 10.6 Å². The number of anilines is 2. The zero-order valence-electron chi connectivity index (χ0n) is 14.2. The first kappa shape index (κ1) is 20.7. The summed E-state index contributed by atoms with van der Waals surface area (Å²) >= 11 is 5.70. The molecule has 0 atom stereocenters. The molecule has 0 aliphatic rings. The van der Waals surface area contributed by atoms with Gasteiger partial charge in [-0.1, -0.05) is 23.7 Å². The first-order valence-corrected chi connectivity index (χ1v) is 8.09. The van der Waals surface area contributed by atoms with Crippen LogP contribution in [0, 0.1) is 0 Å². The van der Waals surface area contributed by atoms with Gasteiger partial charge in [0.2, 0.25) is 11.8 Å². The van der Waals surface area contributed by atoms with Crippen LogP contribution in [0.3, 0.4) is 0 Å². The Kier molecular flexibility index (Phi) is 6.75. The number of benzene rings is 1. The Hall–Kier alpha value is -2.65. The minimum Gasteiger partial charge on any atom is -0.324 e. The highest BCUT2D eigenvalue weighted by molar-refractivity contribution is 6.30. The van der Waals surface area contributed by atoms with Gasteiger partial charge in [0.15, 0.2) is 0 Å². The van der Waals surface area contributed by atoms with Gasteiger partial charge in [0.1, 0.15) is 5.82 Å². The Morgan fingerprint density at radius 2 is 1.70 bits per heavy atom. The molecule has 144 valence electrons. The molecule has 10 heteroatoms. The van der Waals surface area contributed by atoms with Gasteiger partial charge in [-0.15, -0.1) is 0 Å². The van der Waals surface area contributed by atoms with E-state index in [-0.39, 0.29) is 18.8 Å². The van der Waals surface area contributed by atoms with Crippen molar-refractivity contribution in [2.24, 2.45) is 0 Å². The zero-order chi connectivity index (χ0) is 20.0. The molecule has 0 aliphatic carbocycles. The summed E-state index contributed by atoms with van der Waals surface area (Å²) in [6, 6.07) is 7.74. The number of halogens is 4. The number of nitrogens with one attached hydrogen (secondary N) is 2. The topological polar surface area (TPSA) is 74.3 Å². The van der Waals surface area contributed by atoms with E-state index in [1.165, 1.54) is 42.4 Å². The quantitative estimate of drug-likeness (QED) is 0.780. The minimum atomic E-state index is -4.58. The molecular formula is C17H16ClF3N4O2. The number of aromatic nitrogens is 1. The summed E-state index contributed by atoms with van der Waals surface area (Å²) in [4.78, 5) is 29.2. The first-order chi connectivity index (χ1) is 12.6. The van der Waals surface area contributed by atoms with Crippen LogP contribution in [0.4, 0.5) is 24.7 Å². The van der Waals surface area contributed by atoms with Crippen LogP contribution in [0.2, 0.25) is 5.02 Å². The van der Waals surface area contributed by atoms with Crippen LogP contribution in [0.5, 0.6) is 0 Å². The van der Waals surface area contributed by atoms with E-state index in [9.17, 15) is 22.8 Å². The SMILES string of the molecule is CN(CC(=O)Nc1ccc(Cl)cn1)CC(=O)Nc1ccccc1C(F)(F)F. The van der Waals surface area contributed by atoms with Crippen LogP contribution in [-0.4, -0.2) is 41.8 Å². The van der Waals surface area contributed by atoms with Gasteiger partial charge >= 0.3 is 6.18 Å². The van der Waals surface area contributed by atoms with Crippen LogP contribution in [-0.2, 0) is 15.8 Å². The maximum Gasteiger partial charge on any atom is 0.418 e. The number of alkyl halides is 3. The summed E-state index contributed by atoms with van der Waals surface area (Å²) in [7, 11) is 1.49. The van der Waals surface area contributed by atoms with Gasteiger partial charge in [-0.05, 0) is 31.3 Å². The van der Waals surface area contributed by atoms with Crippen molar-refractivity contribution in [1.82, 2.24) is 9.88 Å². The zero-order valence-corrected chi connectivity index (χ0v) is 14.9. The summed E-state index contributed by atoms with van der Waals surface area (Å²) in [5.74, 6) is -0.816. The lowest BCUT2D eigenvalue weighted by atomic mass is 10.1. The molecular weight excluding hydrogens is 385 g/mol. The van der Waals surface area contributed by atoms with Crippen LogP contribution in [0.1, 0.15) is 5.56 Å². The van der Waals surface area contributed by atoms with Crippen LogP contribution < -0.4 is 10.6 Å². The normalized spacial score (nSPS) is 11.3. The molecule has 0 radical (unpaired) electrons. The second-order valence-corrected chi connectivity index (χ2v) is 6.11. The van der Waals surface area contributed by atoms with E-state index in [2.05, 4.69) is 15.6 Å². The number of carbonyl (C=O) groups excluding carboxylic acids is 2. The third-order valence-corrected chi connectivity index (χ3v) is 3.55. The lowest BCUT2D eigenvalue weighted by Gasteiger charge is -2.17. The fraction of sp³-hybridized carbons (Fsp3) is 0.235. The maximum absolute atomic E-state index is 12.9. The Balaban J connectivity index is 1.89. The standard InChI is InChI=1S/C17H16ClF3N4O2/c1-25(10-16(27)24-14-7-6-11(18)8-22-14)9-15(26)23-13-5-3-2-4-12(13)17(19,20)21/h2-8H,9-10H2,1H3,(H,23,26)(H,22,24,27). The Morgan fingerprint density at radius 3 is 2.30 bits per heavy atom. The average molecular weight is 401 g/mol. The van der Waals surface area contributed by atoms with E-state index in [0.717, 1.165) is 6.07 Å². The summed E-state index contributed by atoms with van der Waals surface area (Å²) in [6.07, 6.45) is -3.21. The van der Waals surface area contributed by atoms with Crippen molar-refractivity contribution in [3.63, 3.8) is 0 Å². The third kappa shape index (κ3) is 6.54. The molecule has 2 N–H and O–H groups in total. The van der Waals surface area contributed by atoms with E-state index < -0.39 is 23.6 Å². The van der Waals surface area contributed by atoms with E-state index >= 15 is 0 Å².